The van der Waals surface area contributed by atoms with Gasteiger partial charge in [-0.2, -0.15) is 0 Å². The maximum absolute atomic E-state index is 12.6. The van der Waals surface area contributed by atoms with Crippen LogP contribution in [0.1, 0.15) is 41.6 Å². The summed E-state index contributed by atoms with van der Waals surface area (Å²) in [6.45, 7) is 0.657. The van der Waals surface area contributed by atoms with Crippen molar-refractivity contribution < 1.29 is 14.3 Å². The summed E-state index contributed by atoms with van der Waals surface area (Å²) < 4.78 is 10.5. The van der Waals surface area contributed by atoms with Gasteiger partial charge in [0.25, 0.3) is 5.91 Å². The van der Waals surface area contributed by atoms with Crippen LogP contribution in [-0.4, -0.2) is 26.7 Å². The average molecular weight is 339 g/mol. The summed E-state index contributed by atoms with van der Waals surface area (Å²) in [5.74, 6) is 1.10. The first-order chi connectivity index (χ1) is 12.2. The quantitative estimate of drug-likeness (QED) is 0.867. The number of amides is 1. The first-order valence-electron chi connectivity index (χ1n) is 8.74. The van der Waals surface area contributed by atoms with Crippen LogP contribution >= 0.6 is 0 Å². The van der Waals surface area contributed by atoms with Gasteiger partial charge in [0.2, 0.25) is 0 Å². The number of ether oxygens (including phenoxy) is 2. The van der Waals surface area contributed by atoms with Crippen LogP contribution in [0, 0.1) is 0 Å². The molecule has 2 aromatic rings. The Kier molecular flexibility index (Phi) is 5.27. The Morgan fingerprint density at radius 3 is 2.32 bits per heavy atom. The van der Waals surface area contributed by atoms with Gasteiger partial charge in [-0.3, -0.25) is 4.79 Å². The van der Waals surface area contributed by atoms with Gasteiger partial charge in [0, 0.05) is 17.5 Å². The van der Waals surface area contributed by atoms with Crippen molar-refractivity contribution in [1.82, 2.24) is 5.32 Å². The zero-order valence-corrected chi connectivity index (χ0v) is 14.9. The maximum atomic E-state index is 12.6. The molecule has 1 fully saturated rings. The van der Waals surface area contributed by atoms with Crippen molar-refractivity contribution in [1.29, 1.82) is 0 Å². The zero-order chi connectivity index (χ0) is 17.7. The normalized spacial score (nSPS) is 15.6. The van der Waals surface area contributed by atoms with E-state index in [1.54, 1.807) is 32.4 Å². The molecule has 1 N–H and O–H groups in total. The summed E-state index contributed by atoms with van der Waals surface area (Å²) in [6, 6.07) is 15.8. The minimum absolute atomic E-state index is 0.0491. The van der Waals surface area contributed by atoms with Gasteiger partial charge in [0.15, 0.2) is 11.5 Å². The number of carbonyl (C=O) groups excluding carboxylic acids is 1. The summed E-state index contributed by atoms with van der Waals surface area (Å²) in [7, 11) is 3.16. The van der Waals surface area contributed by atoms with Gasteiger partial charge >= 0.3 is 0 Å². The fourth-order valence-corrected chi connectivity index (χ4v) is 3.74. The summed E-state index contributed by atoms with van der Waals surface area (Å²) >= 11 is 0. The summed E-state index contributed by atoms with van der Waals surface area (Å²) in [5.41, 5.74) is 1.95. The third-order valence-corrected chi connectivity index (χ3v) is 5.18. The monoisotopic (exact) mass is 339 g/mol. The third kappa shape index (κ3) is 3.63. The van der Waals surface area contributed by atoms with Crippen LogP contribution < -0.4 is 14.8 Å². The van der Waals surface area contributed by atoms with Crippen LogP contribution in [-0.2, 0) is 5.41 Å². The molecule has 1 amide bonds. The highest BCUT2D eigenvalue weighted by atomic mass is 16.5. The van der Waals surface area contributed by atoms with Crippen molar-refractivity contribution >= 4 is 5.91 Å². The molecule has 25 heavy (non-hydrogen) atoms. The molecule has 1 aliphatic carbocycles. The van der Waals surface area contributed by atoms with E-state index in [0.717, 1.165) is 12.8 Å². The van der Waals surface area contributed by atoms with Crippen molar-refractivity contribution in [3.05, 3.63) is 59.7 Å². The number of methoxy groups -OCH3 is 2. The van der Waals surface area contributed by atoms with Gasteiger partial charge < -0.3 is 14.8 Å². The second-order valence-electron chi connectivity index (χ2n) is 6.61. The second kappa shape index (κ2) is 7.60. The molecule has 0 bridgehead atoms. The summed E-state index contributed by atoms with van der Waals surface area (Å²) in [4.78, 5) is 12.6. The van der Waals surface area contributed by atoms with Gasteiger partial charge in [0.1, 0.15) is 0 Å². The highest BCUT2D eigenvalue weighted by Gasteiger charge is 2.35. The molecule has 0 spiro atoms. The van der Waals surface area contributed by atoms with Gasteiger partial charge in [-0.25, -0.2) is 0 Å². The van der Waals surface area contributed by atoms with Gasteiger partial charge in [-0.15, -0.1) is 0 Å². The fourth-order valence-electron chi connectivity index (χ4n) is 3.74. The molecule has 4 nitrogen and oxygen atoms in total. The Morgan fingerprint density at radius 1 is 1.00 bits per heavy atom. The Morgan fingerprint density at radius 2 is 1.68 bits per heavy atom. The number of rotatable bonds is 6. The molecule has 3 rings (SSSR count). The topological polar surface area (TPSA) is 47.6 Å². The average Bonchev–Trinajstić information content (AvgIpc) is 3.16. The van der Waals surface area contributed by atoms with E-state index in [2.05, 4.69) is 29.6 Å². The second-order valence-corrected chi connectivity index (χ2v) is 6.61. The minimum atomic E-state index is -0.0804. The predicted octanol–water partition coefficient (Wildman–Crippen LogP) is 3.95. The van der Waals surface area contributed by atoms with Crippen LogP contribution in [0.5, 0.6) is 11.5 Å². The molecular formula is C21H25NO3. The number of carbonyl (C=O) groups is 1. The van der Waals surface area contributed by atoms with E-state index in [4.69, 9.17) is 9.47 Å². The molecule has 4 heteroatoms. The van der Waals surface area contributed by atoms with Crippen molar-refractivity contribution in [3.8, 4) is 11.5 Å². The van der Waals surface area contributed by atoms with Crippen molar-refractivity contribution in [2.45, 2.75) is 31.1 Å². The Hall–Kier alpha value is -2.49. The molecule has 0 aliphatic heterocycles. The van der Waals surface area contributed by atoms with E-state index in [1.807, 2.05) is 6.07 Å². The zero-order valence-electron chi connectivity index (χ0n) is 14.9. The largest absolute Gasteiger partial charge is 0.493 e. The van der Waals surface area contributed by atoms with Crippen LogP contribution in [0.2, 0.25) is 0 Å². The summed E-state index contributed by atoms with van der Waals surface area (Å²) in [5, 5.41) is 3.13. The van der Waals surface area contributed by atoms with E-state index in [1.165, 1.54) is 18.4 Å². The lowest BCUT2D eigenvalue weighted by Gasteiger charge is -2.30. The van der Waals surface area contributed by atoms with Gasteiger partial charge in [-0.1, -0.05) is 43.2 Å². The molecule has 2 aromatic carbocycles. The Balaban J connectivity index is 1.74. The van der Waals surface area contributed by atoms with E-state index >= 15 is 0 Å². The molecule has 1 aliphatic rings. The van der Waals surface area contributed by atoms with Crippen molar-refractivity contribution in [2.24, 2.45) is 0 Å². The molecule has 0 saturated heterocycles. The standard InChI is InChI=1S/C21H25NO3/c1-24-18-11-10-16(14-19(18)25-2)20(23)22-15-21(12-6-7-13-21)17-8-4-3-5-9-17/h3-5,8-11,14H,6-7,12-13,15H2,1-2H3,(H,22,23). The lowest BCUT2D eigenvalue weighted by Crippen LogP contribution is -2.39. The molecule has 0 atom stereocenters. The van der Waals surface area contributed by atoms with Gasteiger partial charge in [-0.05, 0) is 36.6 Å². The lowest BCUT2D eigenvalue weighted by molar-refractivity contribution is 0.0942. The SMILES string of the molecule is COc1ccc(C(=O)NCC2(c3ccccc3)CCCC2)cc1OC. The van der Waals surface area contributed by atoms with Crippen molar-refractivity contribution in [3.63, 3.8) is 0 Å². The molecule has 1 saturated carbocycles. The van der Waals surface area contributed by atoms with E-state index in [9.17, 15) is 4.79 Å². The Bertz CT molecular complexity index is 721. The van der Waals surface area contributed by atoms with Crippen LogP contribution in [0.3, 0.4) is 0 Å². The fraction of sp³-hybridized carbons (Fsp3) is 0.381. The number of nitrogens with one attached hydrogen (secondary N) is 1. The van der Waals surface area contributed by atoms with Crippen molar-refractivity contribution in [2.75, 3.05) is 20.8 Å². The van der Waals surface area contributed by atoms with E-state index in [-0.39, 0.29) is 11.3 Å². The maximum Gasteiger partial charge on any atom is 0.251 e. The smallest absolute Gasteiger partial charge is 0.251 e. The van der Waals surface area contributed by atoms with Crippen LogP contribution in [0.25, 0.3) is 0 Å². The highest BCUT2D eigenvalue weighted by molar-refractivity contribution is 5.95. The highest BCUT2D eigenvalue weighted by Crippen LogP contribution is 2.40. The molecule has 132 valence electrons. The first kappa shape index (κ1) is 17.3. The van der Waals surface area contributed by atoms with Crippen LogP contribution in [0.4, 0.5) is 0 Å². The number of benzene rings is 2. The van der Waals surface area contributed by atoms with Crippen LogP contribution in [0.15, 0.2) is 48.5 Å². The number of hydrogen-bond donors (Lipinski definition) is 1. The van der Waals surface area contributed by atoms with Gasteiger partial charge in [0.05, 0.1) is 14.2 Å². The molecular weight excluding hydrogens is 314 g/mol. The summed E-state index contributed by atoms with van der Waals surface area (Å²) in [6.07, 6.45) is 4.65. The lowest BCUT2D eigenvalue weighted by atomic mass is 9.79. The van der Waals surface area contributed by atoms with E-state index in [0.29, 0.717) is 23.6 Å². The number of hydrogen-bond acceptors (Lipinski definition) is 3. The molecule has 0 unspecified atom stereocenters. The minimum Gasteiger partial charge on any atom is -0.493 e. The molecule has 0 radical (unpaired) electrons. The molecule has 0 heterocycles. The first-order valence-corrected chi connectivity index (χ1v) is 8.74. The molecule has 0 aromatic heterocycles. The van der Waals surface area contributed by atoms with E-state index < -0.39 is 0 Å². The Labute approximate surface area is 149 Å². The third-order valence-electron chi connectivity index (χ3n) is 5.18. The predicted molar refractivity (Wildman–Crippen MR) is 98.5 cm³/mol.